The van der Waals surface area contributed by atoms with Gasteiger partial charge in [0.05, 0.1) is 17.9 Å². The number of halogens is 1. The van der Waals surface area contributed by atoms with E-state index in [1.54, 1.807) is 9.80 Å². The molecule has 12 heteroatoms. The lowest BCUT2D eigenvalue weighted by atomic mass is 9.74. The summed E-state index contributed by atoms with van der Waals surface area (Å²) in [6.45, 7) is 6.39. The van der Waals surface area contributed by atoms with E-state index in [1.807, 2.05) is 72.8 Å². The zero-order valence-corrected chi connectivity index (χ0v) is 31.5. The number of carbonyl (C=O) groups excluding carboxylic acids is 4. The highest BCUT2D eigenvalue weighted by Gasteiger charge is 2.74. The van der Waals surface area contributed by atoms with Crippen LogP contribution in [0, 0.1) is 11.8 Å². The Bertz CT molecular complexity index is 1660. The highest BCUT2D eigenvalue weighted by Crippen LogP contribution is 2.58. The molecule has 2 aromatic carbocycles. The molecular weight excluding hydrogens is 728 g/mol. The van der Waals surface area contributed by atoms with E-state index in [0.29, 0.717) is 36.0 Å². The van der Waals surface area contributed by atoms with E-state index in [1.165, 1.54) is 0 Å². The van der Waals surface area contributed by atoms with Gasteiger partial charge < -0.3 is 34.6 Å². The van der Waals surface area contributed by atoms with Crippen molar-refractivity contribution in [2.45, 2.75) is 76.2 Å². The number of amides is 3. The number of nitrogens with zero attached hydrogens (tertiary/aromatic N) is 3. The van der Waals surface area contributed by atoms with E-state index in [9.17, 15) is 19.5 Å². The lowest BCUT2D eigenvalue weighted by Crippen LogP contribution is -2.56. The molecule has 5 bridgehead atoms. The fourth-order valence-electron chi connectivity index (χ4n) is 8.11. The predicted molar refractivity (Wildman–Crippen MR) is 202 cm³/mol. The minimum Gasteiger partial charge on any atom is -0.463 e. The number of cyclic esters (lactones) is 1. The topological polar surface area (TPSA) is 129 Å². The van der Waals surface area contributed by atoms with Gasteiger partial charge in [-0.1, -0.05) is 71.3 Å². The summed E-state index contributed by atoms with van der Waals surface area (Å²) >= 11 is 3.65. The van der Waals surface area contributed by atoms with E-state index >= 15 is 4.79 Å². The Hall–Kier alpha value is -4.00. The molecule has 0 radical (unpaired) electrons. The van der Waals surface area contributed by atoms with Crippen LogP contribution in [0.1, 0.15) is 64.0 Å². The number of hydrogen-bond acceptors (Lipinski definition) is 8. The Morgan fingerprint density at radius 3 is 2.38 bits per heavy atom. The first-order valence-electron chi connectivity index (χ1n) is 18.5. The zero-order chi connectivity index (χ0) is 36.8. The van der Waals surface area contributed by atoms with Gasteiger partial charge in [0.25, 0.3) is 5.91 Å². The first-order chi connectivity index (χ1) is 25.2. The monoisotopic (exact) mass is 776 g/mol. The molecule has 6 atom stereocenters. The van der Waals surface area contributed by atoms with Gasteiger partial charge in [-0.2, -0.15) is 0 Å². The fourth-order valence-corrected chi connectivity index (χ4v) is 8.84. The quantitative estimate of drug-likeness (QED) is 0.185. The van der Waals surface area contributed by atoms with Gasteiger partial charge in [0.15, 0.2) is 0 Å². The molecule has 2 N–H and O–H groups in total. The highest BCUT2D eigenvalue weighted by atomic mass is 79.9. The van der Waals surface area contributed by atoms with E-state index in [-0.39, 0.29) is 38.0 Å². The van der Waals surface area contributed by atoms with Crippen molar-refractivity contribution in [1.29, 1.82) is 0 Å². The molecule has 3 amide bonds. The molecule has 278 valence electrons. The van der Waals surface area contributed by atoms with Gasteiger partial charge in [-0.3, -0.25) is 19.2 Å². The van der Waals surface area contributed by atoms with Gasteiger partial charge in [-0.15, -0.1) is 0 Å². The Balaban J connectivity index is 1.42. The van der Waals surface area contributed by atoms with Crippen LogP contribution in [-0.2, 0) is 28.7 Å². The normalized spacial score (nSPS) is 28.4. The largest absolute Gasteiger partial charge is 0.463 e. The molecule has 11 nitrogen and oxygen atoms in total. The smallest absolute Gasteiger partial charge is 0.306 e. The maximum absolute atomic E-state index is 15.2. The van der Waals surface area contributed by atoms with Crippen LogP contribution < -0.4 is 15.1 Å². The van der Waals surface area contributed by atoms with Crippen LogP contribution in [0.4, 0.5) is 11.4 Å². The van der Waals surface area contributed by atoms with E-state index in [4.69, 9.17) is 9.47 Å². The molecule has 6 rings (SSSR count). The minimum absolute atomic E-state index is 0.0738. The van der Waals surface area contributed by atoms with Crippen molar-refractivity contribution in [3.8, 4) is 0 Å². The number of aliphatic hydroxyl groups excluding tert-OH is 1. The molecule has 2 fully saturated rings. The summed E-state index contributed by atoms with van der Waals surface area (Å²) in [5.74, 6) is -3.29. The van der Waals surface area contributed by atoms with E-state index in [2.05, 4.69) is 40.0 Å². The van der Waals surface area contributed by atoms with Gasteiger partial charge in [-0.25, -0.2) is 0 Å². The van der Waals surface area contributed by atoms with Crippen molar-refractivity contribution >= 4 is 51.0 Å². The number of benzene rings is 2. The summed E-state index contributed by atoms with van der Waals surface area (Å²) in [5, 5.41) is 12.4. The van der Waals surface area contributed by atoms with Gasteiger partial charge in [0, 0.05) is 55.1 Å². The van der Waals surface area contributed by atoms with Crippen LogP contribution in [-0.4, -0.2) is 90.8 Å². The Morgan fingerprint density at radius 1 is 0.942 bits per heavy atom. The Kier molecular flexibility index (Phi) is 12.2. The third-order valence-corrected chi connectivity index (χ3v) is 11.4. The molecule has 52 heavy (non-hydrogen) atoms. The SMILES string of the molecule is CCN(CC)c1ccc(N2C/C=C\CCC(=O)OC[C@@H](c3ccccc3)NC(=O)[C@@H]3[C@H]4O[C@@]5(C=C4Br)[C@H](C2=O)N(CCCCCCO)C(=O)[C@@H]35)cc1. The summed E-state index contributed by atoms with van der Waals surface area (Å²) in [7, 11) is 0. The van der Waals surface area contributed by atoms with Crippen LogP contribution in [0.15, 0.2) is 77.3 Å². The van der Waals surface area contributed by atoms with Crippen molar-refractivity contribution < 1.29 is 33.8 Å². The van der Waals surface area contributed by atoms with Gasteiger partial charge in [0.1, 0.15) is 24.4 Å². The molecule has 4 heterocycles. The number of aliphatic hydroxyl groups is 1. The number of rotatable bonds is 11. The number of hydrogen-bond donors (Lipinski definition) is 2. The van der Waals surface area contributed by atoms with Gasteiger partial charge in [-0.05, 0) is 69.0 Å². The summed E-state index contributed by atoms with van der Waals surface area (Å²) in [5.41, 5.74) is 1.07. The van der Waals surface area contributed by atoms with E-state index < -0.39 is 47.5 Å². The predicted octanol–water partition coefficient (Wildman–Crippen LogP) is 5.04. The molecule has 2 aromatic rings. The third-order valence-electron chi connectivity index (χ3n) is 10.7. The number of nitrogens with one attached hydrogen (secondary N) is 1. The van der Waals surface area contributed by atoms with Crippen molar-refractivity contribution in [3.63, 3.8) is 0 Å². The lowest BCUT2D eigenvalue weighted by Gasteiger charge is -2.36. The van der Waals surface area contributed by atoms with Crippen LogP contribution in [0.5, 0.6) is 0 Å². The first kappa shape index (κ1) is 37.7. The minimum atomic E-state index is -1.38. The Morgan fingerprint density at radius 2 is 1.67 bits per heavy atom. The number of ether oxygens (including phenoxy) is 2. The number of anilines is 2. The number of carbonyl (C=O) groups is 4. The van der Waals surface area contributed by atoms with Crippen molar-refractivity contribution in [2.75, 3.05) is 49.2 Å². The Labute approximate surface area is 314 Å². The number of allylic oxidation sites excluding steroid dienone is 1. The second-order valence-corrected chi connectivity index (χ2v) is 14.7. The first-order valence-corrected chi connectivity index (χ1v) is 19.3. The second-order valence-electron chi connectivity index (χ2n) is 13.8. The molecule has 4 aliphatic rings. The molecule has 0 aliphatic carbocycles. The van der Waals surface area contributed by atoms with Crippen molar-refractivity contribution in [3.05, 3.63) is 82.9 Å². The molecule has 4 aliphatic heterocycles. The standard InChI is InChI=1S/C40H49BrN4O7/c1-3-43(4-2)28-18-20-29(21-19-28)44-22-13-8-11-17-32(47)51-26-31(27-15-9-7-10-16-27)42-37(48)33-34-38(49)45(23-12-5-6-14-24-46)36(39(44)50)40(34)25-30(41)35(33)52-40/h7-10,13,15-16,18-21,25,31,33-36,46H,3-6,11-12,14,17,22-24,26H2,1-2H3,(H,42,48)/b13-8-/t31-,33-,34+,35-,36-,40+/m0/s1. The van der Waals surface area contributed by atoms with Gasteiger partial charge in [0.2, 0.25) is 11.8 Å². The maximum atomic E-state index is 15.2. The second kappa shape index (κ2) is 16.8. The van der Waals surface area contributed by atoms with Crippen molar-refractivity contribution in [2.24, 2.45) is 11.8 Å². The molecule has 1 spiro atoms. The molecule has 0 aromatic heterocycles. The summed E-state index contributed by atoms with van der Waals surface area (Å²) in [6.07, 6.45) is 8.19. The highest BCUT2D eigenvalue weighted by molar-refractivity contribution is 9.11. The van der Waals surface area contributed by atoms with Crippen LogP contribution >= 0.6 is 15.9 Å². The molecule has 2 saturated heterocycles. The summed E-state index contributed by atoms with van der Waals surface area (Å²) < 4.78 is 13.0. The molecular formula is C40H49BrN4O7. The lowest BCUT2D eigenvalue weighted by molar-refractivity contribution is -0.145. The van der Waals surface area contributed by atoms with Crippen molar-refractivity contribution in [1.82, 2.24) is 10.2 Å². The average molecular weight is 778 g/mol. The van der Waals surface area contributed by atoms with Crippen LogP contribution in [0.25, 0.3) is 0 Å². The maximum Gasteiger partial charge on any atom is 0.306 e. The average Bonchev–Trinajstić information content (AvgIpc) is 3.75. The third kappa shape index (κ3) is 7.43. The number of unbranched alkanes of at least 4 members (excludes halogenated alkanes) is 3. The zero-order valence-electron chi connectivity index (χ0n) is 29.9. The van der Waals surface area contributed by atoms with Crippen LogP contribution in [0.2, 0.25) is 0 Å². The fraction of sp³-hybridized carbons (Fsp3) is 0.500. The number of esters is 1. The summed E-state index contributed by atoms with van der Waals surface area (Å²) in [4.78, 5) is 62.6. The number of fused-ring (bicyclic) bond motifs is 2. The molecule has 0 saturated carbocycles. The molecule has 0 unspecified atom stereocenters. The number of likely N-dealkylation sites (tertiary alicyclic amines) is 1. The summed E-state index contributed by atoms with van der Waals surface area (Å²) in [6, 6.07) is 15.4. The van der Waals surface area contributed by atoms with Gasteiger partial charge >= 0.3 is 5.97 Å². The van der Waals surface area contributed by atoms with E-state index in [0.717, 1.165) is 37.2 Å². The van der Waals surface area contributed by atoms with Crippen LogP contribution in [0.3, 0.4) is 0 Å².